The zero-order valence-electron chi connectivity index (χ0n) is 10.5. The Bertz CT molecular complexity index is 454. The fourth-order valence-corrected chi connectivity index (χ4v) is 1.85. The van der Waals surface area contributed by atoms with Crippen LogP contribution in [-0.4, -0.2) is 17.8 Å². The highest BCUT2D eigenvalue weighted by Gasteiger charge is 2.18. The molecule has 0 saturated heterocycles. The largest absolute Gasteiger partial charge is 0.352 e. The number of nitrogens with one attached hydrogen (secondary N) is 1. The van der Waals surface area contributed by atoms with Gasteiger partial charge in [-0.25, -0.2) is 13.2 Å². The van der Waals surface area contributed by atoms with Gasteiger partial charge in [-0.3, -0.25) is 4.79 Å². The molecule has 1 amide bonds. The van der Waals surface area contributed by atoms with E-state index in [4.69, 9.17) is 0 Å². The van der Waals surface area contributed by atoms with Gasteiger partial charge in [0.05, 0.1) is 5.56 Å². The first-order chi connectivity index (χ1) is 8.97. The molecule has 0 radical (unpaired) electrons. The zero-order chi connectivity index (χ0) is 14.4. The van der Waals surface area contributed by atoms with Gasteiger partial charge in [-0.15, -0.1) is 0 Å². The average Bonchev–Trinajstić information content (AvgIpc) is 2.40. The van der Waals surface area contributed by atoms with Crippen LogP contribution in [0.4, 0.5) is 13.2 Å². The van der Waals surface area contributed by atoms with Crippen molar-refractivity contribution in [3.05, 3.63) is 35.1 Å². The number of benzene rings is 1. The van der Waals surface area contributed by atoms with Crippen LogP contribution < -0.4 is 5.32 Å². The van der Waals surface area contributed by atoms with Gasteiger partial charge in [-0.2, -0.15) is 0 Å². The lowest BCUT2D eigenvalue weighted by atomic mass is 10.1. The molecule has 1 aromatic carbocycles. The summed E-state index contributed by atoms with van der Waals surface area (Å²) in [6, 6.07) is 1.67. The van der Waals surface area contributed by atoms with Gasteiger partial charge in [0.15, 0.2) is 17.5 Å². The Labute approximate surface area is 118 Å². The van der Waals surface area contributed by atoms with Crippen molar-refractivity contribution in [2.45, 2.75) is 19.8 Å². The monoisotopic (exact) mass is 337 g/mol. The highest BCUT2D eigenvalue weighted by molar-refractivity contribution is 9.09. The van der Waals surface area contributed by atoms with Crippen LogP contribution in [0.1, 0.15) is 30.1 Å². The summed E-state index contributed by atoms with van der Waals surface area (Å²) >= 11 is 3.34. The van der Waals surface area contributed by atoms with E-state index in [1.165, 1.54) is 0 Å². The lowest BCUT2D eigenvalue weighted by molar-refractivity contribution is 0.0947. The SMILES string of the molecule is CC(CBr)CCCNC(=O)c1ccc(F)c(F)c1F. The van der Waals surface area contributed by atoms with Crippen molar-refractivity contribution in [1.82, 2.24) is 5.32 Å². The summed E-state index contributed by atoms with van der Waals surface area (Å²) in [5, 5.41) is 3.36. The summed E-state index contributed by atoms with van der Waals surface area (Å²) < 4.78 is 39.0. The molecular formula is C13H15BrF3NO. The fraction of sp³-hybridized carbons (Fsp3) is 0.462. The Hall–Kier alpha value is -1.04. The van der Waals surface area contributed by atoms with Crippen LogP contribution >= 0.6 is 15.9 Å². The summed E-state index contributed by atoms with van der Waals surface area (Å²) in [6.07, 6.45) is 1.65. The van der Waals surface area contributed by atoms with Gasteiger partial charge < -0.3 is 5.32 Å². The minimum Gasteiger partial charge on any atom is -0.352 e. The molecule has 1 N–H and O–H groups in total. The predicted molar refractivity (Wildman–Crippen MR) is 70.8 cm³/mol. The molecule has 1 rings (SSSR count). The molecule has 0 fully saturated rings. The maximum absolute atomic E-state index is 13.3. The summed E-state index contributed by atoms with van der Waals surface area (Å²) in [7, 11) is 0. The number of alkyl halides is 1. The van der Waals surface area contributed by atoms with E-state index in [1.807, 2.05) is 0 Å². The van der Waals surface area contributed by atoms with E-state index < -0.39 is 28.9 Å². The maximum Gasteiger partial charge on any atom is 0.254 e. The summed E-state index contributed by atoms with van der Waals surface area (Å²) in [5.41, 5.74) is -0.479. The normalized spacial score (nSPS) is 12.3. The number of halogens is 4. The molecule has 0 saturated carbocycles. The van der Waals surface area contributed by atoms with Crippen LogP contribution in [0.25, 0.3) is 0 Å². The molecule has 106 valence electrons. The summed E-state index contributed by atoms with van der Waals surface area (Å²) in [6.45, 7) is 2.43. The van der Waals surface area contributed by atoms with Gasteiger partial charge in [0, 0.05) is 11.9 Å². The Balaban J connectivity index is 2.53. The van der Waals surface area contributed by atoms with Crippen LogP contribution in [0.15, 0.2) is 12.1 Å². The first-order valence-corrected chi connectivity index (χ1v) is 7.07. The molecule has 6 heteroatoms. The van der Waals surface area contributed by atoms with E-state index in [0.29, 0.717) is 12.5 Å². The van der Waals surface area contributed by atoms with Gasteiger partial charge in [0.25, 0.3) is 5.91 Å². The second-order valence-corrected chi connectivity index (χ2v) is 5.03. The number of rotatable bonds is 6. The third-order valence-electron chi connectivity index (χ3n) is 2.70. The molecule has 0 spiro atoms. The van der Waals surface area contributed by atoms with Crippen LogP contribution in [0.2, 0.25) is 0 Å². The minimum absolute atomic E-state index is 0.370. The highest BCUT2D eigenvalue weighted by Crippen LogP contribution is 2.15. The van der Waals surface area contributed by atoms with E-state index in [0.717, 1.165) is 30.3 Å². The van der Waals surface area contributed by atoms with Crippen molar-refractivity contribution in [3.8, 4) is 0 Å². The summed E-state index contributed by atoms with van der Waals surface area (Å²) in [4.78, 5) is 11.6. The average molecular weight is 338 g/mol. The van der Waals surface area contributed by atoms with Crippen molar-refractivity contribution < 1.29 is 18.0 Å². The van der Waals surface area contributed by atoms with E-state index in [1.54, 1.807) is 0 Å². The van der Waals surface area contributed by atoms with Crippen molar-refractivity contribution in [3.63, 3.8) is 0 Å². The lowest BCUT2D eigenvalue weighted by Gasteiger charge is -2.09. The molecule has 0 aliphatic rings. The van der Waals surface area contributed by atoms with Gasteiger partial charge in [0.1, 0.15) is 0 Å². The molecular weight excluding hydrogens is 323 g/mol. The molecule has 0 aliphatic heterocycles. The van der Waals surface area contributed by atoms with Crippen molar-refractivity contribution >= 4 is 21.8 Å². The predicted octanol–water partition coefficient (Wildman–Crippen LogP) is 3.64. The molecule has 1 aromatic rings. The molecule has 1 unspecified atom stereocenters. The second-order valence-electron chi connectivity index (χ2n) is 4.38. The van der Waals surface area contributed by atoms with Crippen LogP contribution in [0, 0.1) is 23.4 Å². The van der Waals surface area contributed by atoms with Gasteiger partial charge in [-0.05, 0) is 30.9 Å². The number of carbonyl (C=O) groups is 1. The third-order valence-corrected chi connectivity index (χ3v) is 3.81. The van der Waals surface area contributed by atoms with Gasteiger partial charge >= 0.3 is 0 Å². The Kier molecular flexibility index (Phi) is 6.34. The van der Waals surface area contributed by atoms with Gasteiger partial charge in [-0.1, -0.05) is 22.9 Å². The van der Waals surface area contributed by atoms with Crippen molar-refractivity contribution in [1.29, 1.82) is 0 Å². The lowest BCUT2D eigenvalue weighted by Crippen LogP contribution is -2.26. The van der Waals surface area contributed by atoms with E-state index in [9.17, 15) is 18.0 Å². The first kappa shape index (κ1) is 16.0. The van der Waals surface area contributed by atoms with Crippen LogP contribution in [0.5, 0.6) is 0 Å². The third kappa shape index (κ3) is 4.53. The molecule has 0 bridgehead atoms. The standard InChI is InChI=1S/C13H15BrF3NO/c1-8(7-14)3-2-6-18-13(19)9-4-5-10(15)12(17)11(9)16/h4-5,8H,2-3,6-7H2,1H3,(H,18,19). The number of amides is 1. The maximum atomic E-state index is 13.3. The highest BCUT2D eigenvalue weighted by atomic mass is 79.9. The van der Waals surface area contributed by atoms with Crippen molar-refractivity contribution in [2.75, 3.05) is 11.9 Å². The Morgan fingerprint density at radius 2 is 2.00 bits per heavy atom. The summed E-state index contributed by atoms with van der Waals surface area (Å²) in [5.74, 6) is -4.63. The number of carbonyl (C=O) groups excluding carboxylic acids is 1. The number of hydrogen-bond donors (Lipinski definition) is 1. The first-order valence-electron chi connectivity index (χ1n) is 5.95. The molecule has 1 atom stereocenters. The smallest absolute Gasteiger partial charge is 0.254 e. The minimum atomic E-state index is -1.62. The number of hydrogen-bond acceptors (Lipinski definition) is 1. The van der Waals surface area contributed by atoms with E-state index >= 15 is 0 Å². The molecule has 2 nitrogen and oxygen atoms in total. The van der Waals surface area contributed by atoms with E-state index in [-0.39, 0.29) is 0 Å². The van der Waals surface area contributed by atoms with Crippen LogP contribution in [0.3, 0.4) is 0 Å². The Morgan fingerprint density at radius 1 is 1.32 bits per heavy atom. The fourth-order valence-electron chi connectivity index (χ4n) is 1.53. The molecule has 0 aromatic heterocycles. The van der Waals surface area contributed by atoms with Crippen LogP contribution in [-0.2, 0) is 0 Å². The molecule has 0 aliphatic carbocycles. The quantitative estimate of drug-likeness (QED) is 0.479. The molecule has 19 heavy (non-hydrogen) atoms. The zero-order valence-corrected chi connectivity index (χ0v) is 12.1. The molecule has 0 heterocycles. The van der Waals surface area contributed by atoms with E-state index in [2.05, 4.69) is 28.2 Å². The van der Waals surface area contributed by atoms with Gasteiger partial charge in [0.2, 0.25) is 0 Å². The van der Waals surface area contributed by atoms with Crippen molar-refractivity contribution in [2.24, 2.45) is 5.92 Å². The topological polar surface area (TPSA) is 29.1 Å². The Morgan fingerprint density at radius 3 is 2.63 bits per heavy atom. The second kappa shape index (κ2) is 7.53.